The number of halogens is 1. The summed E-state index contributed by atoms with van der Waals surface area (Å²) in [4.78, 5) is 26.0. The van der Waals surface area contributed by atoms with Gasteiger partial charge in [-0.25, -0.2) is 9.18 Å². The van der Waals surface area contributed by atoms with E-state index in [4.69, 9.17) is 0 Å². The number of carboxylic acid groups (broad SMARTS) is 1. The topological polar surface area (TPSA) is 74.6 Å². The third-order valence-corrected chi connectivity index (χ3v) is 5.84. The average Bonchev–Trinajstić information content (AvgIpc) is 3.46. The van der Waals surface area contributed by atoms with E-state index in [1.807, 2.05) is 9.47 Å². The van der Waals surface area contributed by atoms with Gasteiger partial charge in [-0.1, -0.05) is 6.92 Å². The van der Waals surface area contributed by atoms with Gasteiger partial charge in [-0.2, -0.15) is 0 Å². The first kappa shape index (κ1) is 18.0. The number of benzene rings is 1. The van der Waals surface area contributed by atoms with E-state index >= 15 is 0 Å². The Hall–Kier alpha value is -2.41. The monoisotopic (exact) mass is 373 g/mol. The van der Waals surface area contributed by atoms with E-state index in [-0.39, 0.29) is 23.0 Å². The Morgan fingerprint density at radius 1 is 1.37 bits per heavy atom. The lowest BCUT2D eigenvalue weighted by Crippen LogP contribution is -2.58. The number of rotatable bonds is 6. The van der Waals surface area contributed by atoms with E-state index < -0.39 is 17.2 Å². The number of nitrogens with zero attached hydrogens (tertiary/aromatic N) is 2. The van der Waals surface area contributed by atoms with Gasteiger partial charge in [0, 0.05) is 42.7 Å². The fourth-order valence-electron chi connectivity index (χ4n) is 3.96. The summed E-state index contributed by atoms with van der Waals surface area (Å²) in [6.45, 7) is 6.71. The molecule has 2 heterocycles. The Kier molecular flexibility index (Phi) is 4.42. The standard InChI is InChI=1S/C20H24FN3O3/c1-3-22-8-12-9-23(11(12)2)18-7-17-14(6-16(18)21)19(25)15(20(26)27)10-24(17)13-4-5-13/h6-7,10-13,22H,3-5,8-9H2,1-2H3,(H,26,27)/t11-,12+/m1/s1. The van der Waals surface area contributed by atoms with Gasteiger partial charge >= 0.3 is 5.97 Å². The van der Waals surface area contributed by atoms with Crippen LogP contribution < -0.4 is 15.6 Å². The van der Waals surface area contributed by atoms with E-state index in [2.05, 4.69) is 19.2 Å². The molecule has 0 unspecified atom stereocenters. The number of nitrogens with one attached hydrogen (secondary N) is 1. The van der Waals surface area contributed by atoms with Crippen molar-refractivity contribution >= 4 is 22.6 Å². The number of anilines is 1. The molecule has 6 nitrogen and oxygen atoms in total. The van der Waals surface area contributed by atoms with Crippen LogP contribution in [0, 0.1) is 11.7 Å². The molecular formula is C20H24FN3O3. The summed E-state index contributed by atoms with van der Waals surface area (Å²) in [5.74, 6) is -1.29. The molecule has 2 N–H and O–H groups in total. The maximum Gasteiger partial charge on any atom is 0.341 e. The number of carboxylic acids is 1. The van der Waals surface area contributed by atoms with E-state index in [0.717, 1.165) is 32.5 Å². The third kappa shape index (κ3) is 3.00. The first-order chi connectivity index (χ1) is 12.9. The van der Waals surface area contributed by atoms with Crippen LogP contribution in [0.3, 0.4) is 0 Å². The van der Waals surface area contributed by atoms with Gasteiger partial charge in [0.1, 0.15) is 11.4 Å². The molecule has 144 valence electrons. The minimum Gasteiger partial charge on any atom is -0.477 e. The molecule has 7 heteroatoms. The lowest BCUT2D eigenvalue weighted by atomic mass is 9.88. The summed E-state index contributed by atoms with van der Waals surface area (Å²) in [6, 6.07) is 3.31. The highest BCUT2D eigenvalue weighted by atomic mass is 19.1. The summed E-state index contributed by atoms with van der Waals surface area (Å²) < 4.78 is 16.7. The summed E-state index contributed by atoms with van der Waals surface area (Å²) in [5, 5.41) is 12.8. The number of aromatic carboxylic acids is 1. The largest absolute Gasteiger partial charge is 0.477 e. The minimum absolute atomic E-state index is 0.139. The maximum atomic E-state index is 14.9. The Bertz CT molecular complexity index is 967. The van der Waals surface area contributed by atoms with Crippen molar-refractivity contribution in [2.75, 3.05) is 24.5 Å². The van der Waals surface area contributed by atoms with Crippen LogP contribution in [0.2, 0.25) is 0 Å². The number of fused-ring (bicyclic) bond motifs is 1. The fraction of sp³-hybridized carbons (Fsp3) is 0.500. The van der Waals surface area contributed by atoms with Crippen LogP contribution >= 0.6 is 0 Å². The minimum atomic E-state index is -1.27. The molecule has 1 saturated heterocycles. The second kappa shape index (κ2) is 6.64. The number of hydrogen-bond acceptors (Lipinski definition) is 4. The van der Waals surface area contributed by atoms with Gasteiger partial charge in [0.2, 0.25) is 5.43 Å². The highest BCUT2D eigenvalue weighted by molar-refractivity contribution is 5.93. The van der Waals surface area contributed by atoms with Crippen LogP contribution in [0.5, 0.6) is 0 Å². The lowest BCUT2D eigenvalue weighted by Gasteiger charge is -2.48. The van der Waals surface area contributed by atoms with Crippen molar-refractivity contribution in [3.63, 3.8) is 0 Å². The molecule has 0 spiro atoms. The predicted octanol–water partition coefficient (Wildman–Crippen LogP) is 2.61. The molecule has 2 aliphatic rings. The van der Waals surface area contributed by atoms with Crippen LogP contribution in [0.1, 0.15) is 43.1 Å². The smallest absolute Gasteiger partial charge is 0.341 e. The summed E-state index contributed by atoms with van der Waals surface area (Å²) in [5.41, 5.74) is 0.178. The zero-order valence-corrected chi connectivity index (χ0v) is 15.5. The number of hydrogen-bond donors (Lipinski definition) is 2. The Morgan fingerprint density at radius 3 is 2.70 bits per heavy atom. The molecule has 4 rings (SSSR count). The van der Waals surface area contributed by atoms with Crippen molar-refractivity contribution < 1.29 is 14.3 Å². The number of pyridine rings is 1. The van der Waals surface area contributed by atoms with E-state index in [1.54, 1.807) is 6.07 Å². The molecular weight excluding hydrogens is 349 g/mol. The molecule has 1 aliphatic heterocycles. The van der Waals surface area contributed by atoms with Gasteiger partial charge in [-0.15, -0.1) is 0 Å². The molecule has 2 atom stereocenters. The first-order valence-corrected chi connectivity index (χ1v) is 9.51. The van der Waals surface area contributed by atoms with Crippen LogP contribution in [0.15, 0.2) is 23.1 Å². The van der Waals surface area contributed by atoms with Gasteiger partial charge in [-0.3, -0.25) is 4.79 Å². The molecule has 0 bridgehead atoms. The molecule has 2 fully saturated rings. The lowest BCUT2D eigenvalue weighted by molar-refractivity contribution is 0.0695. The van der Waals surface area contributed by atoms with Gasteiger partial charge in [0.05, 0.1) is 11.2 Å². The molecule has 1 saturated carbocycles. The van der Waals surface area contributed by atoms with Gasteiger partial charge in [0.25, 0.3) is 0 Å². The second-order valence-electron chi connectivity index (χ2n) is 7.60. The maximum absolute atomic E-state index is 14.9. The van der Waals surface area contributed by atoms with Crippen LogP contribution in [-0.2, 0) is 0 Å². The Labute approximate surface area is 156 Å². The Balaban J connectivity index is 1.78. The highest BCUT2D eigenvalue weighted by Crippen LogP contribution is 2.39. The molecule has 0 radical (unpaired) electrons. The normalized spacial score (nSPS) is 22.1. The summed E-state index contributed by atoms with van der Waals surface area (Å²) in [6.07, 6.45) is 3.29. The third-order valence-electron chi connectivity index (χ3n) is 5.84. The van der Waals surface area contributed by atoms with Crippen LogP contribution in [-0.4, -0.2) is 41.3 Å². The average molecular weight is 373 g/mol. The van der Waals surface area contributed by atoms with E-state index in [0.29, 0.717) is 17.1 Å². The molecule has 0 amide bonds. The molecule has 1 aromatic carbocycles. The fourth-order valence-corrected chi connectivity index (χ4v) is 3.96. The molecule has 2 aromatic rings. The van der Waals surface area contributed by atoms with Crippen molar-refractivity contribution in [3.05, 3.63) is 39.9 Å². The van der Waals surface area contributed by atoms with Crippen molar-refractivity contribution in [2.24, 2.45) is 5.92 Å². The van der Waals surface area contributed by atoms with Gasteiger partial charge in [0.15, 0.2) is 0 Å². The molecule has 27 heavy (non-hydrogen) atoms. The first-order valence-electron chi connectivity index (χ1n) is 9.51. The predicted molar refractivity (Wildman–Crippen MR) is 102 cm³/mol. The van der Waals surface area contributed by atoms with Crippen molar-refractivity contribution in [2.45, 2.75) is 38.8 Å². The Morgan fingerprint density at radius 2 is 2.11 bits per heavy atom. The zero-order chi connectivity index (χ0) is 19.3. The van der Waals surface area contributed by atoms with Crippen LogP contribution in [0.25, 0.3) is 10.9 Å². The number of aromatic nitrogens is 1. The summed E-state index contributed by atoms with van der Waals surface area (Å²) in [7, 11) is 0. The van der Waals surface area contributed by atoms with E-state index in [9.17, 15) is 19.1 Å². The van der Waals surface area contributed by atoms with Crippen molar-refractivity contribution in [1.29, 1.82) is 0 Å². The molecule has 1 aliphatic carbocycles. The quantitative estimate of drug-likeness (QED) is 0.814. The van der Waals surface area contributed by atoms with Crippen molar-refractivity contribution in [1.82, 2.24) is 9.88 Å². The van der Waals surface area contributed by atoms with Crippen LogP contribution in [0.4, 0.5) is 10.1 Å². The number of carbonyl (C=O) groups is 1. The zero-order valence-electron chi connectivity index (χ0n) is 15.5. The second-order valence-corrected chi connectivity index (χ2v) is 7.60. The molecule has 1 aromatic heterocycles. The van der Waals surface area contributed by atoms with Crippen molar-refractivity contribution in [3.8, 4) is 0 Å². The van der Waals surface area contributed by atoms with E-state index in [1.165, 1.54) is 12.3 Å². The highest BCUT2D eigenvalue weighted by Gasteiger charge is 2.37. The van der Waals surface area contributed by atoms with Gasteiger partial charge < -0.3 is 19.9 Å². The van der Waals surface area contributed by atoms with Gasteiger partial charge in [-0.05, 0) is 38.4 Å². The SMILES string of the molecule is CCNC[C@H]1CN(c2cc3c(cc2F)c(=O)c(C(=O)O)cn3C2CC2)[C@@H]1C. The summed E-state index contributed by atoms with van der Waals surface area (Å²) >= 11 is 0.